The molecule has 128 valence electrons. The van der Waals surface area contributed by atoms with Crippen molar-refractivity contribution in [2.75, 3.05) is 13.2 Å². The van der Waals surface area contributed by atoms with Crippen LogP contribution in [0.1, 0.15) is 39.0 Å². The van der Waals surface area contributed by atoms with Crippen LogP contribution in [0.3, 0.4) is 0 Å². The number of rotatable bonds is 6. The second kappa shape index (κ2) is 7.56. The lowest BCUT2D eigenvalue weighted by Gasteiger charge is -2.41. The van der Waals surface area contributed by atoms with E-state index in [1.165, 1.54) is 5.06 Å². The van der Waals surface area contributed by atoms with Crippen LogP contribution >= 0.6 is 0 Å². The molecule has 0 saturated heterocycles. The molecule has 1 aliphatic heterocycles. The highest BCUT2D eigenvalue weighted by molar-refractivity contribution is 6.11. The molecule has 2 atom stereocenters. The lowest BCUT2D eigenvalue weighted by Crippen LogP contribution is -2.54. The van der Waals surface area contributed by atoms with Crippen molar-refractivity contribution in [3.05, 3.63) is 11.3 Å². The Morgan fingerprint density at radius 3 is 2.70 bits per heavy atom. The van der Waals surface area contributed by atoms with Crippen molar-refractivity contribution in [1.82, 2.24) is 10.4 Å². The van der Waals surface area contributed by atoms with Crippen LogP contribution in [0.4, 0.5) is 0 Å². The lowest BCUT2D eigenvalue weighted by atomic mass is 9.83. The number of aliphatic hydroxyl groups is 1. The third-order valence-electron chi connectivity index (χ3n) is 3.95. The zero-order valence-corrected chi connectivity index (χ0v) is 13.1. The Bertz CT molecular complexity index is 530. The zero-order chi connectivity index (χ0) is 17.0. The van der Waals surface area contributed by atoms with Crippen molar-refractivity contribution in [2.45, 2.75) is 45.3 Å². The summed E-state index contributed by atoms with van der Waals surface area (Å²) < 4.78 is 0. The first-order valence-electron chi connectivity index (χ1n) is 7.83. The second-order valence-corrected chi connectivity index (χ2v) is 5.66. The van der Waals surface area contributed by atoms with Gasteiger partial charge in [-0.3, -0.25) is 19.2 Å². The number of amides is 1. The fourth-order valence-corrected chi connectivity index (χ4v) is 2.89. The number of ketones is 1. The molecule has 2 rings (SSSR count). The van der Waals surface area contributed by atoms with Crippen molar-refractivity contribution in [1.29, 1.82) is 0 Å². The number of hydroxylamine groups is 2. The number of Topliss-reactive ketones (excluding diaryl/α,β-unsaturated/α-hetero) is 1. The van der Waals surface area contributed by atoms with Crippen molar-refractivity contribution in [2.24, 2.45) is 5.92 Å². The third-order valence-corrected chi connectivity index (χ3v) is 3.95. The number of carbonyl (C=O) groups is 3. The molecule has 0 aromatic heterocycles. The van der Waals surface area contributed by atoms with Crippen molar-refractivity contribution < 1.29 is 29.4 Å². The highest BCUT2D eigenvalue weighted by Gasteiger charge is 2.46. The molecule has 1 amide bonds. The van der Waals surface area contributed by atoms with E-state index in [2.05, 4.69) is 5.32 Å². The van der Waals surface area contributed by atoms with Gasteiger partial charge in [-0.25, -0.2) is 5.06 Å². The summed E-state index contributed by atoms with van der Waals surface area (Å²) in [5, 5.41) is 22.5. The zero-order valence-electron chi connectivity index (χ0n) is 13.1. The molecule has 8 heteroatoms. The Morgan fingerprint density at radius 1 is 1.35 bits per heavy atom. The van der Waals surface area contributed by atoms with E-state index < -0.39 is 36.4 Å². The van der Waals surface area contributed by atoms with E-state index in [9.17, 15) is 19.5 Å². The lowest BCUT2D eigenvalue weighted by molar-refractivity contribution is -0.235. The summed E-state index contributed by atoms with van der Waals surface area (Å²) in [6, 6.07) is 0. The van der Waals surface area contributed by atoms with Gasteiger partial charge in [0.05, 0.1) is 12.3 Å². The van der Waals surface area contributed by atoms with Crippen LogP contribution in [0.5, 0.6) is 0 Å². The normalized spacial score (nSPS) is 24.4. The molecule has 2 unspecified atom stereocenters. The number of nitrogens with zero attached hydrogens (tertiary/aromatic N) is 1. The van der Waals surface area contributed by atoms with Crippen LogP contribution in [-0.4, -0.2) is 52.3 Å². The number of carboxylic acids is 1. The average Bonchev–Trinajstić information content (AvgIpc) is 2.53. The molecule has 23 heavy (non-hydrogen) atoms. The minimum Gasteiger partial charge on any atom is -0.480 e. The average molecular weight is 326 g/mol. The Morgan fingerprint density at radius 2 is 2.04 bits per heavy atom. The number of nitrogens with one attached hydrogen (secondary N) is 1. The molecule has 0 radical (unpaired) electrons. The smallest absolute Gasteiger partial charge is 0.322 e. The van der Waals surface area contributed by atoms with Crippen molar-refractivity contribution >= 4 is 17.7 Å². The summed E-state index contributed by atoms with van der Waals surface area (Å²) in [6.45, 7) is 1.66. The van der Waals surface area contributed by atoms with Gasteiger partial charge in [0.1, 0.15) is 12.5 Å². The fourth-order valence-electron chi connectivity index (χ4n) is 2.89. The van der Waals surface area contributed by atoms with Gasteiger partial charge in [-0.2, -0.15) is 0 Å². The fraction of sp³-hybridized carbons (Fsp3) is 0.667. The molecule has 8 nitrogen and oxygen atoms in total. The van der Waals surface area contributed by atoms with E-state index in [-0.39, 0.29) is 0 Å². The summed E-state index contributed by atoms with van der Waals surface area (Å²) in [4.78, 5) is 40.8. The number of aliphatic hydroxyl groups excluding tert-OH is 1. The molecule has 0 bridgehead atoms. The Labute approximate surface area is 134 Å². The molecule has 3 N–H and O–H groups in total. The topological polar surface area (TPSA) is 116 Å². The number of hydrogen-bond acceptors (Lipinski definition) is 6. The van der Waals surface area contributed by atoms with Gasteiger partial charge >= 0.3 is 5.97 Å². The Balaban J connectivity index is 2.26. The monoisotopic (exact) mass is 326 g/mol. The molecule has 1 aliphatic carbocycles. The van der Waals surface area contributed by atoms with Crippen LogP contribution < -0.4 is 5.32 Å². The van der Waals surface area contributed by atoms with Gasteiger partial charge in [-0.1, -0.05) is 6.92 Å². The number of hydrogen-bond donors (Lipinski definition) is 3. The molecular weight excluding hydrogens is 304 g/mol. The first kappa shape index (κ1) is 17.4. The van der Waals surface area contributed by atoms with Crippen LogP contribution in [0.15, 0.2) is 11.3 Å². The SMILES string of the molecule is CCCON1C2=C(CCCC2)C(=O)C(C(=O)NCC(=O)O)C1O. The summed E-state index contributed by atoms with van der Waals surface area (Å²) >= 11 is 0. The van der Waals surface area contributed by atoms with E-state index in [4.69, 9.17) is 9.94 Å². The molecule has 0 spiro atoms. The second-order valence-electron chi connectivity index (χ2n) is 5.66. The predicted octanol–water partition coefficient (Wildman–Crippen LogP) is 0.176. The summed E-state index contributed by atoms with van der Waals surface area (Å²) in [6.07, 6.45) is 2.16. The minimum absolute atomic E-state index is 0.353. The highest BCUT2D eigenvalue weighted by atomic mass is 16.7. The van der Waals surface area contributed by atoms with Gasteiger partial charge in [0.2, 0.25) is 5.91 Å². The molecule has 1 heterocycles. The summed E-state index contributed by atoms with van der Waals surface area (Å²) in [5.74, 6) is -3.82. The number of aliphatic carboxylic acids is 1. The quantitative estimate of drug-likeness (QED) is 0.596. The summed E-state index contributed by atoms with van der Waals surface area (Å²) in [5.41, 5.74) is 1.15. The molecule has 0 aromatic rings. The largest absolute Gasteiger partial charge is 0.480 e. The van der Waals surface area contributed by atoms with E-state index >= 15 is 0 Å². The van der Waals surface area contributed by atoms with Crippen LogP contribution in [0, 0.1) is 5.92 Å². The Kier molecular flexibility index (Phi) is 5.73. The molecular formula is C15H22N2O6. The van der Waals surface area contributed by atoms with Crippen molar-refractivity contribution in [3.63, 3.8) is 0 Å². The number of carbonyl (C=O) groups excluding carboxylic acids is 2. The highest BCUT2D eigenvalue weighted by Crippen LogP contribution is 2.36. The third kappa shape index (κ3) is 3.70. The number of allylic oxidation sites excluding steroid dienone is 2. The van der Waals surface area contributed by atoms with Crippen molar-refractivity contribution in [3.8, 4) is 0 Å². The van der Waals surface area contributed by atoms with Gasteiger partial charge in [0.25, 0.3) is 0 Å². The molecule has 0 saturated carbocycles. The van der Waals surface area contributed by atoms with E-state index in [1.807, 2.05) is 6.92 Å². The standard InChI is InChI=1S/C15H22N2O6/c1-2-7-23-17-10-6-4-3-5-9(10)13(20)12(15(17)22)14(21)16-8-11(18)19/h12,15,22H,2-8H2,1H3,(H,16,21)(H,18,19). The van der Waals surface area contributed by atoms with Gasteiger partial charge in [0.15, 0.2) is 12.0 Å². The summed E-state index contributed by atoms with van der Waals surface area (Å²) in [7, 11) is 0. The van der Waals surface area contributed by atoms with Gasteiger partial charge in [-0.15, -0.1) is 0 Å². The molecule has 0 fully saturated rings. The maximum absolute atomic E-state index is 12.6. The van der Waals surface area contributed by atoms with Crippen LogP contribution in [0.25, 0.3) is 0 Å². The maximum Gasteiger partial charge on any atom is 0.322 e. The van der Waals surface area contributed by atoms with Gasteiger partial charge in [-0.05, 0) is 32.1 Å². The predicted molar refractivity (Wildman–Crippen MR) is 78.7 cm³/mol. The molecule has 2 aliphatic rings. The van der Waals surface area contributed by atoms with E-state index in [0.29, 0.717) is 30.7 Å². The Hall–Kier alpha value is -1.93. The van der Waals surface area contributed by atoms with E-state index in [1.54, 1.807) is 0 Å². The number of carboxylic acid groups (broad SMARTS) is 1. The van der Waals surface area contributed by atoms with Gasteiger partial charge < -0.3 is 15.5 Å². The first-order chi connectivity index (χ1) is 11.0. The van der Waals surface area contributed by atoms with Crippen LogP contribution in [0.2, 0.25) is 0 Å². The minimum atomic E-state index is -1.44. The first-order valence-corrected chi connectivity index (χ1v) is 7.83. The van der Waals surface area contributed by atoms with Crippen LogP contribution in [-0.2, 0) is 19.2 Å². The van der Waals surface area contributed by atoms with E-state index in [0.717, 1.165) is 19.3 Å². The van der Waals surface area contributed by atoms with Gasteiger partial charge in [0, 0.05) is 5.57 Å². The molecule has 0 aromatic carbocycles. The maximum atomic E-state index is 12.6.